The standard InChI is InChI=1S/C42H42N6O7/c1-41(53,29-11-5-3-6-12-29)39(51)47-25-9-15-33(47)35(49)43-31-21-17-27(18-22-31)37-45-46-38(55-37)28-19-23-32(24-20-28)44-36(50)34-16-10-26-48(34)40(52)42(2,54)30-13-7-4-8-14-30/h3-8,11-14,17-24,33-34,53-54H,9-10,15-16,25-26H2,1-2H3,(H,43,49)(H,44,50)/t33-,34-,41+,42+/m0/s1. The maximum atomic E-state index is 13.4. The number of hydrogen-bond donors (Lipinski definition) is 4. The molecule has 4 aromatic carbocycles. The van der Waals surface area contributed by atoms with Crippen molar-refractivity contribution in [3.05, 3.63) is 120 Å². The summed E-state index contributed by atoms with van der Waals surface area (Å²) in [5.41, 5.74) is -0.312. The summed E-state index contributed by atoms with van der Waals surface area (Å²) in [6, 6.07) is 29.7. The van der Waals surface area contributed by atoms with Gasteiger partial charge in [-0.15, -0.1) is 10.2 Å². The fraction of sp³-hybridized carbons (Fsp3) is 0.286. The van der Waals surface area contributed by atoms with Gasteiger partial charge >= 0.3 is 0 Å². The van der Waals surface area contributed by atoms with Crippen LogP contribution in [0.5, 0.6) is 0 Å². The fourth-order valence-electron chi connectivity index (χ4n) is 7.20. The van der Waals surface area contributed by atoms with Crippen LogP contribution in [0.1, 0.15) is 50.7 Å². The molecule has 0 spiro atoms. The molecule has 0 aliphatic carbocycles. The number of hydrogen-bond acceptors (Lipinski definition) is 9. The Bertz CT molecular complexity index is 2020. The lowest BCUT2D eigenvalue weighted by Crippen LogP contribution is -2.50. The lowest BCUT2D eigenvalue weighted by Gasteiger charge is -2.31. The van der Waals surface area contributed by atoms with Crippen LogP contribution < -0.4 is 10.6 Å². The average Bonchev–Trinajstić information content (AvgIpc) is 4.01. The summed E-state index contributed by atoms with van der Waals surface area (Å²) in [5.74, 6) is -1.19. The zero-order valence-corrected chi connectivity index (χ0v) is 30.5. The molecule has 0 unspecified atom stereocenters. The highest BCUT2D eigenvalue weighted by Gasteiger charge is 2.44. The van der Waals surface area contributed by atoms with E-state index in [0.717, 1.165) is 0 Å². The maximum Gasteiger partial charge on any atom is 0.259 e. The van der Waals surface area contributed by atoms with Gasteiger partial charge in [0.05, 0.1) is 0 Å². The van der Waals surface area contributed by atoms with Gasteiger partial charge in [-0.3, -0.25) is 19.2 Å². The van der Waals surface area contributed by atoms with Crippen LogP contribution in [0.4, 0.5) is 11.4 Å². The summed E-state index contributed by atoms with van der Waals surface area (Å²) in [6.07, 6.45) is 2.26. The molecule has 1 aromatic heterocycles. The lowest BCUT2D eigenvalue weighted by atomic mass is 9.94. The van der Waals surface area contributed by atoms with Crippen LogP contribution in [0.2, 0.25) is 0 Å². The SMILES string of the molecule is C[C@](O)(C(=O)N1CCC[C@H]1C(=O)Nc1ccc(-c2nnc(-c3ccc(NC(=O)[C@@H]4CCCN4C(=O)[C@](C)(O)c4ccccc4)cc3)o2)cc1)c1ccccc1. The summed E-state index contributed by atoms with van der Waals surface area (Å²) in [5, 5.41) is 36.3. The number of nitrogens with zero attached hydrogens (tertiary/aromatic N) is 4. The monoisotopic (exact) mass is 742 g/mol. The first-order valence-electron chi connectivity index (χ1n) is 18.3. The summed E-state index contributed by atoms with van der Waals surface area (Å²) in [6.45, 7) is 3.65. The number of carbonyl (C=O) groups is 4. The van der Waals surface area contributed by atoms with Crippen molar-refractivity contribution in [2.24, 2.45) is 0 Å². The predicted octanol–water partition coefficient (Wildman–Crippen LogP) is 5.08. The predicted molar refractivity (Wildman–Crippen MR) is 204 cm³/mol. The summed E-state index contributed by atoms with van der Waals surface area (Å²) in [4.78, 5) is 56.3. The van der Waals surface area contributed by atoms with Gasteiger partial charge < -0.3 is 35.1 Å². The first-order chi connectivity index (χ1) is 26.4. The molecule has 4 N–H and O–H groups in total. The van der Waals surface area contributed by atoms with E-state index in [1.807, 2.05) is 0 Å². The minimum Gasteiger partial charge on any atom is -0.416 e. The van der Waals surface area contributed by atoms with Crippen molar-refractivity contribution in [1.82, 2.24) is 20.0 Å². The third-order valence-corrected chi connectivity index (χ3v) is 10.4. The number of nitrogens with one attached hydrogen (secondary N) is 2. The third kappa shape index (κ3) is 7.62. The smallest absolute Gasteiger partial charge is 0.259 e. The van der Waals surface area contributed by atoms with Crippen molar-refractivity contribution >= 4 is 35.0 Å². The Kier molecular flexibility index (Phi) is 10.3. The number of aromatic nitrogens is 2. The Labute approximate surface area is 318 Å². The molecule has 5 aromatic rings. The number of benzene rings is 4. The van der Waals surface area contributed by atoms with Crippen LogP contribution in [0.3, 0.4) is 0 Å². The molecule has 0 saturated carbocycles. The molecule has 13 nitrogen and oxygen atoms in total. The van der Waals surface area contributed by atoms with Gasteiger partial charge in [-0.25, -0.2) is 0 Å². The van der Waals surface area contributed by atoms with E-state index >= 15 is 0 Å². The van der Waals surface area contributed by atoms with E-state index in [9.17, 15) is 29.4 Å². The van der Waals surface area contributed by atoms with E-state index in [4.69, 9.17) is 4.42 Å². The van der Waals surface area contributed by atoms with E-state index in [0.29, 0.717) is 72.4 Å². The number of carbonyl (C=O) groups excluding carboxylic acids is 4. The van der Waals surface area contributed by atoms with Crippen molar-refractivity contribution in [1.29, 1.82) is 0 Å². The molecule has 13 heteroatoms. The Hall–Kier alpha value is -6.18. The number of rotatable bonds is 10. The second kappa shape index (κ2) is 15.3. The zero-order chi connectivity index (χ0) is 38.7. The van der Waals surface area contributed by atoms with Gasteiger partial charge in [0.25, 0.3) is 11.8 Å². The maximum absolute atomic E-state index is 13.4. The Morgan fingerprint density at radius 1 is 0.600 bits per heavy atom. The molecule has 7 rings (SSSR count). The Morgan fingerprint density at radius 3 is 1.33 bits per heavy atom. The number of anilines is 2. The quantitative estimate of drug-likeness (QED) is 0.152. The van der Waals surface area contributed by atoms with Crippen molar-refractivity contribution in [2.45, 2.75) is 62.8 Å². The van der Waals surface area contributed by atoms with Gasteiger partial charge in [-0.2, -0.15) is 0 Å². The van der Waals surface area contributed by atoms with Crippen LogP contribution in [0, 0.1) is 0 Å². The number of aliphatic hydroxyl groups is 2. The van der Waals surface area contributed by atoms with Gasteiger partial charge in [0.15, 0.2) is 11.2 Å². The van der Waals surface area contributed by atoms with Gasteiger partial charge in [0, 0.05) is 35.6 Å². The van der Waals surface area contributed by atoms with Crippen molar-refractivity contribution in [3.8, 4) is 22.9 Å². The second-order valence-corrected chi connectivity index (χ2v) is 14.2. The summed E-state index contributed by atoms with van der Waals surface area (Å²) < 4.78 is 5.95. The lowest BCUT2D eigenvalue weighted by molar-refractivity contribution is -0.153. The molecular formula is C42H42N6O7. The minimum atomic E-state index is -1.76. The third-order valence-electron chi connectivity index (χ3n) is 10.4. The van der Waals surface area contributed by atoms with Crippen LogP contribution >= 0.6 is 0 Å². The second-order valence-electron chi connectivity index (χ2n) is 14.2. The van der Waals surface area contributed by atoms with E-state index in [-0.39, 0.29) is 23.6 Å². The van der Waals surface area contributed by atoms with Crippen LogP contribution in [0.25, 0.3) is 22.9 Å². The summed E-state index contributed by atoms with van der Waals surface area (Å²) in [7, 11) is 0. The average molecular weight is 743 g/mol. The van der Waals surface area contributed by atoms with Crippen LogP contribution in [-0.4, -0.2) is 79.0 Å². The van der Waals surface area contributed by atoms with Gasteiger partial charge in [-0.1, -0.05) is 60.7 Å². The first kappa shape index (κ1) is 37.1. The molecule has 2 saturated heterocycles. The number of amides is 4. The Balaban J connectivity index is 0.950. The molecule has 3 heterocycles. The molecule has 0 bridgehead atoms. The van der Waals surface area contributed by atoms with Crippen molar-refractivity contribution in [3.63, 3.8) is 0 Å². The highest BCUT2D eigenvalue weighted by molar-refractivity contribution is 6.00. The molecule has 2 aliphatic rings. The minimum absolute atomic E-state index is 0.262. The van der Waals surface area contributed by atoms with E-state index in [1.54, 1.807) is 109 Å². The van der Waals surface area contributed by atoms with Gasteiger partial charge in [0.1, 0.15) is 12.1 Å². The topological polar surface area (TPSA) is 178 Å². The largest absolute Gasteiger partial charge is 0.416 e. The number of likely N-dealkylation sites (tertiary alicyclic amines) is 2. The van der Waals surface area contributed by atoms with E-state index < -0.39 is 35.1 Å². The highest BCUT2D eigenvalue weighted by atomic mass is 16.4. The van der Waals surface area contributed by atoms with E-state index in [1.165, 1.54) is 23.6 Å². The molecule has 2 aliphatic heterocycles. The molecule has 55 heavy (non-hydrogen) atoms. The van der Waals surface area contributed by atoms with Crippen LogP contribution in [0.15, 0.2) is 114 Å². The normalized spacial score (nSPS) is 19.0. The molecular weight excluding hydrogens is 700 g/mol. The molecule has 0 radical (unpaired) electrons. The molecule has 2 fully saturated rings. The Morgan fingerprint density at radius 2 is 0.964 bits per heavy atom. The van der Waals surface area contributed by atoms with E-state index in [2.05, 4.69) is 20.8 Å². The fourth-order valence-corrected chi connectivity index (χ4v) is 7.20. The highest BCUT2D eigenvalue weighted by Crippen LogP contribution is 2.31. The van der Waals surface area contributed by atoms with Crippen molar-refractivity contribution < 1.29 is 33.8 Å². The molecule has 282 valence electrons. The molecule has 4 amide bonds. The van der Waals surface area contributed by atoms with Gasteiger partial charge in [-0.05, 0) is 99.2 Å². The first-order valence-corrected chi connectivity index (χ1v) is 18.3. The van der Waals surface area contributed by atoms with Crippen molar-refractivity contribution in [2.75, 3.05) is 23.7 Å². The summed E-state index contributed by atoms with van der Waals surface area (Å²) >= 11 is 0. The zero-order valence-electron chi connectivity index (χ0n) is 30.5. The van der Waals surface area contributed by atoms with Crippen LogP contribution in [-0.2, 0) is 30.4 Å². The van der Waals surface area contributed by atoms with Gasteiger partial charge in [0.2, 0.25) is 23.6 Å². The molecule has 4 atom stereocenters.